The summed E-state index contributed by atoms with van der Waals surface area (Å²) in [4.78, 5) is 2.08. The summed E-state index contributed by atoms with van der Waals surface area (Å²) >= 11 is 6.05. The Labute approximate surface area is 240 Å². The zero-order valence-corrected chi connectivity index (χ0v) is 24.7. The first-order valence-electron chi connectivity index (χ1n) is 12.5. The van der Waals surface area contributed by atoms with E-state index < -0.39 is 22.7 Å². The highest BCUT2D eigenvalue weighted by atomic mass is 35.5. The number of para-hydroxylation sites is 1. The Balaban J connectivity index is 1.83. The van der Waals surface area contributed by atoms with Gasteiger partial charge >= 0.3 is 0 Å². The molecular formula is C31H27ClN3O3PS. The fourth-order valence-electron chi connectivity index (χ4n) is 4.84. The van der Waals surface area contributed by atoms with Crippen molar-refractivity contribution in [3.8, 4) is 11.8 Å². The first kappa shape index (κ1) is 27.7. The number of fused-ring (bicyclic) bond motifs is 1. The van der Waals surface area contributed by atoms with Crippen molar-refractivity contribution in [3.05, 3.63) is 131 Å². The molecule has 0 fully saturated rings. The second kappa shape index (κ2) is 10.6. The van der Waals surface area contributed by atoms with Gasteiger partial charge in [0.1, 0.15) is 5.75 Å². The number of anilines is 1. The number of hydrogen-bond donors (Lipinski definition) is 0. The molecule has 0 aromatic heterocycles. The maximum atomic E-state index is 13.9. The Morgan fingerprint density at radius 2 is 1.55 bits per heavy atom. The van der Waals surface area contributed by atoms with E-state index in [4.69, 9.17) is 16.1 Å². The van der Waals surface area contributed by atoms with Crippen LogP contribution in [0.3, 0.4) is 0 Å². The van der Waals surface area contributed by atoms with Crippen molar-refractivity contribution in [3.63, 3.8) is 0 Å². The van der Waals surface area contributed by atoms with E-state index in [1.165, 1.54) is 24.3 Å². The summed E-state index contributed by atoms with van der Waals surface area (Å²) in [6.07, 6.45) is 0. The van der Waals surface area contributed by atoms with Gasteiger partial charge in [0.2, 0.25) is 7.28 Å². The predicted octanol–water partition coefficient (Wildman–Crippen LogP) is 7.69. The molecule has 0 aliphatic carbocycles. The van der Waals surface area contributed by atoms with Crippen LogP contribution in [-0.4, -0.2) is 15.5 Å². The third-order valence-corrected chi connectivity index (χ3v) is 12.0. The summed E-state index contributed by atoms with van der Waals surface area (Å²) in [6, 6.07) is 32.0. The van der Waals surface area contributed by atoms with Crippen molar-refractivity contribution >= 4 is 39.9 Å². The van der Waals surface area contributed by atoms with Crippen LogP contribution in [0.4, 0.5) is 5.69 Å². The van der Waals surface area contributed by atoms with E-state index in [1.807, 2.05) is 61.4 Å². The summed E-state index contributed by atoms with van der Waals surface area (Å²) in [6.45, 7) is 4.21. The average molecular weight is 588 g/mol. The van der Waals surface area contributed by atoms with Crippen LogP contribution in [0.5, 0.6) is 5.75 Å². The van der Waals surface area contributed by atoms with Crippen molar-refractivity contribution in [1.29, 1.82) is 5.26 Å². The number of rotatable bonds is 6. The minimum Gasteiger partial charge on any atom is -0.451 e. The standard InChI is InChI=1S/C31H27ClN3O3PS/c1-31(2)28-11-7-8-12-29(28)35(3)30(31)22-39(26-9-5-4-6-10-26,38-25-17-13-23(21-33)14-18-25)34-40(36,37)27-19-15-24(32)16-20-27/h4-20,22H,1-3H3/b30-22+/t39-/m0/s1. The average Bonchev–Trinajstić information content (AvgIpc) is 3.14. The maximum absolute atomic E-state index is 13.9. The third-order valence-electron chi connectivity index (χ3n) is 6.93. The predicted molar refractivity (Wildman–Crippen MR) is 162 cm³/mol. The fourth-order valence-corrected chi connectivity index (χ4v) is 9.98. The highest BCUT2D eigenvalue weighted by Gasteiger charge is 2.41. The van der Waals surface area contributed by atoms with E-state index in [1.54, 1.807) is 24.3 Å². The van der Waals surface area contributed by atoms with Crippen molar-refractivity contribution in [1.82, 2.24) is 0 Å². The number of halogens is 1. The van der Waals surface area contributed by atoms with Gasteiger partial charge in [0.05, 0.1) is 16.5 Å². The molecule has 1 heterocycles. The van der Waals surface area contributed by atoms with Crippen molar-refractivity contribution < 1.29 is 12.9 Å². The van der Waals surface area contributed by atoms with Gasteiger partial charge < -0.3 is 9.42 Å². The maximum Gasteiger partial charge on any atom is 0.284 e. The Kier molecular flexibility index (Phi) is 7.37. The lowest BCUT2D eigenvalue weighted by Crippen LogP contribution is -2.24. The molecule has 0 radical (unpaired) electrons. The van der Waals surface area contributed by atoms with Crippen LogP contribution in [0.15, 0.2) is 124 Å². The SMILES string of the molecule is CN1/C(=C/[P@](=NS(=O)(=O)c2ccc(Cl)cc2)(Oc2ccc(C#N)cc2)c2ccccc2)C(C)(C)c2ccccc21. The minimum absolute atomic E-state index is 0.0151. The molecule has 4 aromatic rings. The Hall–Kier alpha value is -3.82. The molecule has 0 unspecified atom stereocenters. The normalized spacial score (nSPS) is 16.6. The molecule has 1 aliphatic rings. The summed E-state index contributed by atoms with van der Waals surface area (Å²) in [5.74, 6) is 2.30. The quantitative estimate of drug-likeness (QED) is 0.216. The van der Waals surface area contributed by atoms with Crippen LogP contribution in [-0.2, 0) is 15.4 Å². The molecule has 5 rings (SSSR count). The molecule has 1 atom stereocenters. The molecule has 0 saturated carbocycles. The number of benzene rings is 4. The van der Waals surface area contributed by atoms with E-state index in [0.29, 0.717) is 21.6 Å². The number of likely N-dealkylation sites (N-methyl/N-ethyl adjacent to an activating group) is 1. The van der Waals surface area contributed by atoms with Crippen molar-refractivity contribution in [2.45, 2.75) is 24.2 Å². The Bertz CT molecular complexity index is 1800. The first-order valence-corrected chi connectivity index (χ1v) is 16.1. The van der Waals surface area contributed by atoms with E-state index in [2.05, 4.69) is 35.0 Å². The van der Waals surface area contributed by atoms with Crippen molar-refractivity contribution in [2.24, 2.45) is 4.15 Å². The van der Waals surface area contributed by atoms with Gasteiger partial charge in [-0.05, 0) is 72.3 Å². The number of sulfonamides is 1. The van der Waals surface area contributed by atoms with Crippen LogP contribution in [0.25, 0.3) is 0 Å². The second-order valence-corrected chi connectivity index (χ2v) is 14.6. The van der Waals surface area contributed by atoms with E-state index in [-0.39, 0.29) is 4.90 Å². The van der Waals surface area contributed by atoms with Crippen LogP contribution >= 0.6 is 18.9 Å². The molecule has 202 valence electrons. The summed E-state index contributed by atoms with van der Waals surface area (Å²) in [5, 5.41) is 10.3. The fraction of sp³-hybridized carbons (Fsp3) is 0.129. The molecule has 9 heteroatoms. The first-order chi connectivity index (χ1) is 19.1. The van der Waals surface area contributed by atoms with Crippen LogP contribution < -0.4 is 14.7 Å². The van der Waals surface area contributed by atoms with Gasteiger partial charge in [0, 0.05) is 40.0 Å². The molecule has 0 bridgehead atoms. The summed E-state index contributed by atoms with van der Waals surface area (Å²) < 4.78 is 39.1. The molecule has 6 nitrogen and oxygen atoms in total. The van der Waals surface area contributed by atoms with Crippen LogP contribution in [0.1, 0.15) is 25.0 Å². The summed E-state index contributed by atoms with van der Waals surface area (Å²) in [7, 11) is -5.71. The van der Waals surface area contributed by atoms with E-state index in [0.717, 1.165) is 16.9 Å². The lowest BCUT2D eigenvalue weighted by atomic mass is 9.84. The number of nitriles is 1. The van der Waals surface area contributed by atoms with Gasteiger partial charge in [-0.15, -0.1) is 4.15 Å². The lowest BCUT2D eigenvalue weighted by Gasteiger charge is -2.29. The third kappa shape index (κ3) is 5.19. The smallest absolute Gasteiger partial charge is 0.284 e. The monoisotopic (exact) mass is 587 g/mol. The molecule has 0 amide bonds. The zero-order chi connectivity index (χ0) is 28.5. The largest absolute Gasteiger partial charge is 0.451 e. The van der Waals surface area contributed by atoms with Gasteiger partial charge in [-0.2, -0.15) is 13.7 Å². The summed E-state index contributed by atoms with van der Waals surface area (Å²) in [5.41, 5.74) is 3.03. The van der Waals surface area contributed by atoms with Gasteiger partial charge in [0.25, 0.3) is 10.0 Å². The van der Waals surface area contributed by atoms with Gasteiger partial charge in [-0.1, -0.05) is 61.8 Å². The highest BCUT2D eigenvalue weighted by molar-refractivity contribution is 7.95. The molecule has 40 heavy (non-hydrogen) atoms. The molecule has 0 N–H and O–H groups in total. The van der Waals surface area contributed by atoms with Crippen LogP contribution in [0, 0.1) is 11.3 Å². The van der Waals surface area contributed by atoms with Crippen molar-refractivity contribution in [2.75, 3.05) is 11.9 Å². The Morgan fingerprint density at radius 3 is 2.17 bits per heavy atom. The van der Waals surface area contributed by atoms with Gasteiger partial charge in [0.15, 0.2) is 0 Å². The van der Waals surface area contributed by atoms with E-state index >= 15 is 0 Å². The number of nitrogens with zero attached hydrogens (tertiary/aromatic N) is 3. The minimum atomic E-state index is -4.20. The highest BCUT2D eigenvalue weighted by Crippen LogP contribution is 2.58. The molecule has 1 aliphatic heterocycles. The van der Waals surface area contributed by atoms with Gasteiger partial charge in [-0.3, -0.25) is 0 Å². The Morgan fingerprint density at radius 1 is 0.925 bits per heavy atom. The molecule has 0 saturated heterocycles. The molecule has 0 spiro atoms. The van der Waals surface area contributed by atoms with Gasteiger partial charge in [-0.25, -0.2) is 0 Å². The molecular weight excluding hydrogens is 561 g/mol. The van der Waals surface area contributed by atoms with E-state index in [9.17, 15) is 13.7 Å². The lowest BCUT2D eigenvalue weighted by molar-refractivity contribution is 0.593. The second-order valence-electron chi connectivity index (χ2n) is 9.91. The topological polar surface area (TPSA) is 82.8 Å². The zero-order valence-electron chi connectivity index (χ0n) is 22.2. The number of allylic oxidation sites excluding steroid dienone is 1. The molecule has 4 aromatic carbocycles. The number of hydrogen-bond acceptors (Lipinski definition) is 5. The van der Waals surface area contributed by atoms with Crippen LogP contribution in [0.2, 0.25) is 5.02 Å².